The van der Waals surface area contributed by atoms with Crippen molar-refractivity contribution in [2.24, 2.45) is 0 Å². The van der Waals surface area contributed by atoms with Crippen LogP contribution in [0.5, 0.6) is 0 Å². The molecule has 0 aliphatic rings. The van der Waals surface area contributed by atoms with Crippen LogP contribution >= 0.6 is 0 Å². The highest BCUT2D eigenvalue weighted by Gasteiger charge is 2.19. The highest BCUT2D eigenvalue weighted by Crippen LogP contribution is 2.28. The van der Waals surface area contributed by atoms with Crippen molar-refractivity contribution >= 4 is 22.5 Å². The number of rotatable bonds is 4. The molecule has 0 radical (unpaired) electrons. The fourth-order valence-corrected chi connectivity index (χ4v) is 2.86. The van der Waals surface area contributed by atoms with Gasteiger partial charge in [-0.3, -0.25) is 5.10 Å². The quantitative estimate of drug-likeness (QED) is 0.542. The van der Waals surface area contributed by atoms with Gasteiger partial charge >= 0.3 is 0 Å². The van der Waals surface area contributed by atoms with Crippen LogP contribution in [-0.2, 0) is 5.41 Å². The molecule has 0 aliphatic carbocycles. The standard InChI is InChI=1S/C21H17FN6/c1-21(2,12-23)13-7-9-14(10-8-13)25-20-18-17(11-24-28-18)26-19(27-20)15-5-3-4-6-16(15)22/h3-11H,1-2H3,(H,24,28)(H,25,26,27). The second-order valence-corrected chi connectivity index (χ2v) is 6.95. The lowest BCUT2D eigenvalue weighted by Crippen LogP contribution is -2.13. The lowest BCUT2D eigenvalue weighted by molar-refractivity contribution is 0.630. The molecular weight excluding hydrogens is 355 g/mol. The van der Waals surface area contributed by atoms with Crippen LogP contribution in [-0.4, -0.2) is 20.2 Å². The molecule has 28 heavy (non-hydrogen) atoms. The van der Waals surface area contributed by atoms with Crippen LogP contribution in [0.15, 0.2) is 54.7 Å². The molecule has 2 aromatic carbocycles. The Bertz CT molecular complexity index is 1190. The van der Waals surface area contributed by atoms with Crippen LogP contribution < -0.4 is 5.32 Å². The average molecular weight is 372 g/mol. The van der Waals surface area contributed by atoms with Gasteiger partial charge in [0.05, 0.1) is 23.2 Å². The van der Waals surface area contributed by atoms with Gasteiger partial charge in [0.1, 0.15) is 16.9 Å². The third kappa shape index (κ3) is 3.16. The van der Waals surface area contributed by atoms with E-state index in [2.05, 4.69) is 31.6 Å². The molecule has 0 atom stereocenters. The first-order valence-corrected chi connectivity index (χ1v) is 8.73. The minimum atomic E-state index is -0.567. The normalized spacial score (nSPS) is 11.4. The van der Waals surface area contributed by atoms with E-state index in [1.54, 1.807) is 24.4 Å². The molecule has 2 aromatic heterocycles. The molecule has 0 saturated heterocycles. The molecule has 0 bridgehead atoms. The summed E-state index contributed by atoms with van der Waals surface area (Å²) in [6.07, 6.45) is 1.57. The lowest BCUT2D eigenvalue weighted by atomic mass is 9.86. The molecule has 0 saturated carbocycles. The van der Waals surface area contributed by atoms with Crippen molar-refractivity contribution in [2.45, 2.75) is 19.3 Å². The number of nitrogens with zero attached hydrogens (tertiary/aromatic N) is 4. The Balaban J connectivity index is 1.74. The second kappa shape index (κ2) is 6.74. The third-order valence-electron chi connectivity index (χ3n) is 4.56. The number of nitriles is 1. The Hall–Kier alpha value is -3.79. The van der Waals surface area contributed by atoms with E-state index < -0.39 is 5.41 Å². The number of aromatic nitrogens is 4. The van der Waals surface area contributed by atoms with Crippen molar-refractivity contribution < 1.29 is 4.39 Å². The molecule has 2 N–H and O–H groups in total. The van der Waals surface area contributed by atoms with E-state index in [1.165, 1.54) is 6.07 Å². The van der Waals surface area contributed by atoms with Gasteiger partial charge in [0.15, 0.2) is 11.6 Å². The van der Waals surface area contributed by atoms with Gasteiger partial charge in [-0.25, -0.2) is 14.4 Å². The largest absolute Gasteiger partial charge is 0.338 e. The summed E-state index contributed by atoms with van der Waals surface area (Å²) in [6, 6.07) is 16.2. The van der Waals surface area contributed by atoms with Crippen molar-refractivity contribution in [2.75, 3.05) is 5.32 Å². The molecule has 0 amide bonds. The molecular formula is C21H17FN6. The zero-order chi connectivity index (χ0) is 19.7. The first-order chi connectivity index (χ1) is 13.5. The second-order valence-electron chi connectivity index (χ2n) is 6.95. The number of hydrogen-bond donors (Lipinski definition) is 2. The summed E-state index contributed by atoms with van der Waals surface area (Å²) >= 11 is 0. The number of anilines is 2. The van der Waals surface area contributed by atoms with Crippen molar-refractivity contribution in [1.82, 2.24) is 20.2 Å². The summed E-state index contributed by atoms with van der Waals surface area (Å²) in [5, 5.41) is 19.4. The Morgan fingerprint density at radius 2 is 1.82 bits per heavy atom. The van der Waals surface area contributed by atoms with Crippen molar-refractivity contribution in [3.05, 3.63) is 66.1 Å². The van der Waals surface area contributed by atoms with Crippen LogP contribution in [0.25, 0.3) is 22.4 Å². The first-order valence-electron chi connectivity index (χ1n) is 8.73. The van der Waals surface area contributed by atoms with Crippen LogP contribution in [0.4, 0.5) is 15.9 Å². The van der Waals surface area contributed by atoms with Gasteiger partial charge in [0.25, 0.3) is 0 Å². The maximum Gasteiger partial charge on any atom is 0.165 e. The number of hydrogen-bond acceptors (Lipinski definition) is 5. The highest BCUT2D eigenvalue weighted by molar-refractivity contribution is 5.88. The molecule has 0 fully saturated rings. The Morgan fingerprint density at radius 1 is 1.07 bits per heavy atom. The minimum Gasteiger partial charge on any atom is -0.338 e. The zero-order valence-electron chi connectivity index (χ0n) is 15.4. The van der Waals surface area contributed by atoms with Crippen molar-refractivity contribution in [3.8, 4) is 17.5 Å². The summed E-state index contributed by atoms with van der Waals surface area (Å²) < 4.78 is 14.2. The van der Waals surface area contributed by atoms with Crippen LogP contribution in [0.2, 0.25) is 0 Å². The summed E-state index contributed by atoms with van der Waals surface area (Å²) in [5.74, 6) is 0.379. The van der Waals surface area contributed by atoms with Gasteiger partial charge < -0.3 is 5.32 Å². The number of halogens is 1. The van der Waals surface area contributed by atoms with Gasteiger partial charge in [0.2, 0.25) is 0 Å². The van der Waals surface area contributed by atoms with E-state index in [9.17, 15) is 9.65 Å². The Kier molecular flexibility index (Phi) is 4.24. The average Bonchev–Trinajstić information content (AvgIpc) is 3.18. The van der Waals surface area contributed by atoms with Crippen molar-refractivity contribution in [3.63, 3.8) is 0 Å². The fraction of sp³-hybridized carbons (Fsp3) is 0.143. The number of fused-ring (bicyclic) bond motifs is 1. The van der Waals surface area contributed by atoms with Crippen LogP contribution in [0.1, 0.15) is 19.4 Å². The van der Waals surface area contributed by atoms with Crippen LogP contribution in [0.3, 0.4) is 0 Å². The van der Waals surface area contributed by atoms with Gasteiger partial charge in [-0.1, -0.05) is 24.3 Å². The molecule has 138 valence electrons. The summed E-state index contributed by atoms with van der Waals surface area (Å²) in [4.78, 5) is 8.91. The minimum absolute atomic E-state index is 0.275. The number of nitrogens with one attached hydrogen (secondary N) is 2. The number of aromatic amines is 1. The molecule has 2 heterocycles. The Labute approximate surface area is 161 Å². The van der Waals surface area contributed by atoms with Gasteiger partial charge in [-0.2, -0.15) is 10.4 Å². The lowest BCUT2D eigenvalue weighted by Gasteiger charge is -2.16. The molecule has 7 heteroatoms. The van der Waals surface area contributed by atoms with Crippen LogP contribution in [0, 0.1) is 17.1 Å². The fourth-order valence-electron chi connectivity index (χ4n) is 2.86. The van der Waals surface area contributed by atoms with E-state index in [1.807, 2.05) is 38.1 Å². The first kappa shape index (κ1) is 17.6. The zero-order valence-corrected chi connectivity index (χ0v) is 15.4. The molecule has 4 aromatic rings. The molecule has 0 spiro atoms. The van der Waals surface area contributed by atoms with E-state index in [-0.39, 0.29) is 11.6 Å². The maximum atomic E-state index is 14.2. The number of benzene rings is 2. The van der Waals surface area contributed by atoms with E-state index in [0.29, 0.717) is 22.4 Å². The summed E-state index contributed by atoms with van der Waals surface area (Å²) in [7, 11) is 0. The summed E-state index contributed by atoms with van der Waals surface area (Å²) in [6.45, 7) is 3.74. The SMILES string of the molecule is CC(C)(C#N)c1ccc(Nc2nc(-c3ccccc3F)nc3cn[nH]c23)cc1. The predicted molar refractivity (Wildman–Crippen MR) is 105 cm³/mol. The molecule has 4 rings (SSSR count). The number of H-pyrrole nitrogens is 1. The summed E-state index contributed by atoms with van der Waals surface area (Å²) in [5.41, 5.74) is 2.66. The third-order valence-corrected chi connectivity index (χ3v) is 4.56. The van der Waals surface area contributed by atoms with Crippen molar-refractivity contribution in [1.29, 1.82) is 5.26 Å². The monoisotopic (exact) mass is 372 g/mol. The van der Waals surface area contributed by atoms with E-state index >= 15 is 0 Å². The molecule has 6 nitrogen and oxygen atoms in total. The molecule has 0 aliphatic heterocycles. The predicted octanol–water partition coefficient (Wildman–Crippen LogP) is 4.70. The highest BCUT2D eigenvalue weighted by atomic mass is 19.1. The van der Waals surface area contributed by atoms with Gasteiger partial charge in [-0.15, -0.1) is 0 Å². The van der Waals surface area contributed by atoms with E-state index in [0.717, 1.165) is 11.3 Å². The van der Waals surface area contributed by atoms with E-state index in [4.69, 9.17) is 0 Å². The smallest absolute Gasteiger partial charge is 0.165 e. The molecule has 0 unspecified atom stereocenters. The Morgan fingerprint density at radius 3 is 2.54 bits per heavy atom. The van der Waals surface area contributed by atoms with Gasteiger partial charge in [0, 0.05) is 5.69 Å². The topological polar surface area (TPSA) is 90.3 Å². The van der Waals surface area contributed by atoms with Gasteiger partial charge in [-0.05, 0) is 43.7 Å². The maximum absolute atomic E-state index is 14.2.